The predicted molar refractivity (Wildman–Crippen MR) is 88.4 cm³/mol. The Morgan fingerprint density at radius 2 is 2.24 bits per heavy atom. The molecule has 1 unspecified atom stereocenters. The monoisotopic (exact) mass is 298 g/mol. The van der Waals surface area contributed by atoms with Gasteiger partial charge in [-0.1, -0.05) is 6.92 Å². The molecule has 0 bridgehead atoms. The third-order valence-corrected chi connectivity index (χ3v) is 4.40. The minimum atomic E-state index is 0.195. The minimum absolute atomic E-state index is 0.195. The van der Waals surface area contributed by atoms with Crippen molar-refractivity contribution >= 4 is 27.2 Å². The fourth-order valence-corrected chi connectivity index (χ4v) is 3.22. The van der Waals surface area contributed by atoms with Crippen LogP contribution >= 0.6 is 11.3 Å². The Bertz CT molecular complexity index is 738. The highest BCUT2D eigenvalue weighted by Crippen LogP contribution is 2.25. The number of hydrogen-bond donors (Lipinski definition) is 2. The van der Waals surface area contributed by atoms with Gasteiger partial charge in [-0.15, -0.1) is 11.3 Å². The van der Waals surface area contributed by atoms with Gasteiger partial charge in [0.05, 0.1) is 10.2 Å². The van der Waals surface area contributed by atoms with E-state index in [1.807, 2.05) is 24.5 Å². The average Bonchev–Trinajstić information content (AvgIpc) is 2.96. The van der Waals surface area contributed by atoms with E-state index in [-0.39, 0.29) is 6.04 Å². The van der Waals surface area contributed by atoms with E-state index < -0.39 is 0 Å². The summed E-state index contributed by atoms with van der Waals surface area (Å²) in [5, 5.41) is 5.59. The zero-order valence-electron chi connectivity index (χ0n) is 11.9. The van der Waals surface area contributed by atoms with E-state index >= 15 is 0 Å². The lowest BCUT2D eigenvalue weighted by Crippen LogP contribution is -2.23. The molecule has 0 amide bonds. The Balaban J connectivity index is 1.91. The summed E-state index contributed by atoms with van der Waals surface area (Å²) in [5.74, 6) is 0. The van der Waals surface area contributed by atoms with Crippen LogP contribution in [0.3, 0.4) is 0 Å². The van der Waals surface area contributed by atoms with E-state index in [0.29, 0.717) is 0 Å². The van der Waals surface area contributed by atoms with Gasteiger partial charge in [-0.25, -0.2) is 0 Å². The highest BCUT2D eigenvalue weighted by atomic mass is 32.1. The van der Waals surface area contributed by atoms with Crippen molar-refractivity contribution in [3.63, 3.8) is 0 Å². The molecule has 0 saturated heterocycles. The molecule has 1 atom stereocenters. The summed E-state index contributed by atoms with van der Waals surface area (Å²) in [6.45, 7) is 3.00. The van der Waals surface area contributed by atoms with E-state index in [1.54, 1.807) is 17.5 Å². The molecule has 0 aromatic carbocycles. The van der Waals surface area contributed by atoms with Crippen molar-refractivity contribution in [3.05, 3.63) is 53.3 Å². The first-order chi connectivity index (χ1) is 10.3. The second-order valence-corrected chi connectivity index (χ2v) is 5.91. The fraction of sp³-hybridized carbons (Fsp3) is 0.250. The summed E-state index contributed by atoms with van der Waals surface area (Å²) >= 11 is 1.72. The number of rotatable bonds is 5. The van der Waals surface area contributed by atoms with Crippen LogP contribution in [0.2, 0.25) is 0 Å². The van der Waals surface area contributed by atoms with Crippen molar-refractivity contribution < 1.29 is 0 Å². The van der Waals surface area contributed by atoms with Crippen molar-refractivity contribution in [2.45, 2.75) is 19.4 Å². The SMILES string of the molecule is CCNC(Cc1cnccc1N)c1cnc2ccsc2c1. The molecule has 3 rings (SSSR count). The lowest BCUT2D eigenvalue weighted by Gasteiger charge is -2.19. The van der Waals surface area contributed by atoms with Gasteiger partial charge in [0.15, 0.2) is 0 Å². The molecule has 21 heavy (non-hydrogen) atoms. The number of thiophene rings is 1. The number of anilines is 1. The van der Waals surface area contributed by atoms with Gasteiger partial charge in [0, 0.05) is 30.3 Å². The van der Waals surface area contributed by atoms with Gasteiger partial charge in [0.2, 0.25) is 0 Å². The van der Waals surface area contributed by atoms with Crippen LogP contribution in [0.1, 0.15) is 24.1 Å². The molecule has 0 spiro atoms. The van der Waals surface area contributed by atoms with Crippen LogP contribution in [0.4, 0.5) is 5.69 Å². The smallest absolute Gasteiger partial charge is 0.0809 e. The second kappa shape index (κ2) is 6.20. The van der Waals surface area contributed by atoms with Crippen LogP contribution in [-0.2, 0) is 6.42 Å². The van der Waals surface area contributed by atoms with Crippen molar-refractivity contribution in [3.8, 4) is 0 Å². The van der Waals surface area contributed by atoms with Gasteiger partial charge in [-0.3, -0.25) is 9.97 Å². The predicted octanol–water partition coefficient (Wildman–Crippen LogP) is 3.17. The summed E-state index contributed by atoms with van der Waals surface area (Å²) < 4.78 is 1.22. The second-order valence-electron chi connectivity index (χ2n) is 4.96. The molecule has 0 aliphatic heterocycles. The van der Waals surface area contributed by atoms with Gasteiger partial charge < -0.3 is 11.1 Å². The Labute approximate surface area is 128 Å². The summed E-state index contributed by atoms with van der Waals surface area (Å²) in [4.78, 5) is 8.70. The van der Waals surface area contributed by atoms with Crippen molar-refractivity contribution in [1.82, 2.24) is 15.3 Å². The molecule has 0 saturated carbocycles. The zero-order valence-corrected chi connectivity index (χ0v) is 12.7. The van der Waals surface area contributed by atoms with Crippen LogP contribution < -0.4 is 11.1 Å². The molecule has 0 radical (unpaired) electrons. The Hall–Kier alpha value is -1.98. The van der Waals surface area contributed by atoms with Gasteiger partial charge in [-0.2, -0.15) is 0 Å². The highest BCUT2D eigenvalue weighted by molar-refractivity contribution is 7.17. The van der Waals surface area contributed by atoms with Crippen molar-refractivity contribution in [2.24, 2.45) is 0 Å². The average molecular weight is 298 g/mol. The van der Waals surface area contributed by atoms with Crippen molar-refractivity contribution in [2.75, 3.05) is 12.3 Å². The zero-order chi connectivity index (χ0) is 14.7. The molecule has 0 aliphatic rings. The van der Waals surface area contributed by atoms with E-state index in [2.05, 4.69) is 33.7 Å². The van der Waals surface area contributed by atoms with Gasteiger partial charge in [-0.05, 0) is 47.7 Å². The summed E-state index contributed by atoms with van der Waals surface area (Å²) in [5.41, 5.74) is 10.1. The first kappa shape index (κ1) is 14.0. The standard InChI is InChI=1S/C16H18N4S/c1-2-19-15(7-11-9-18-5-3-13(11)17)12-8-16-14(20-10-12)4-6-21-16/h3-6,8-10,15,19H,2,7H2,1H3,(H2,17,18). The van der Waals surface area contributed by atoms with E-state index in [1.165, 1.54) is 10.3 Å². The molecule has 4 nitrogen and oxygen atoms in total. The number of hydrogen-bond acceptors (Lipinski definition) is 5. The topological polar surface area (TPSA) is 63.8 Å². The van der Waals surface area contributed by atoms with Crippen LogP contribution in [0, 0.1) is 0 Å². The molecular weight excluding hydrogens is 280 g/mol. The number of aromatic nitrogens is 2. The maximum absolute atomic E-state index is 6.04. The Morgan fingerprint density at radius 3 is 3.05 bits per heavy atom. The number of nitrogens with two attached hydrogens (primary N) is 1. The number of nitrogen functional groups attached to an aromatic ring is 1. The number of nitrogens with zero attached hydrogens (tertiary/aromatic N) is 2. The summed E-state index contributed by atoms with van der Waals surface area (Å²) in [6.07, 6.45) is 6.33. The summed E-state index contributed by atoms with van der Waals surface area (Å²) in [6, 6.07) is 6.30. The molecule has 3 aromatic heterocycles. The minimum Gasteiger partial charge on any atom is -0.398 e. The van der Waals surface area contributed by atoms with Crippen molar-refractivity contribution in [1.29, 1.82) is 0 Å². The molecule has 3 heterocycles. The maximum Gasteiger partial charge on any atom is 0.0809 e. The van der Waals surface area contributed by atoms with Crippen LogP contribution in [0.25, 0.3) is 10.2 Å². The Morgan fingerprint density at radius 1 is 1.33 bits per heavy atom. The molecule has 0 aliphatic carbocycles. The number of nitrogens with one attached hydrogen (secondary N) is 1. The molecule has 3 N–H and O–H groups in total. The highest BCUT2D eigenvalue weighted by Gasteiger charge is 2.14. The van der Waals surface area contributed by atoms with Crippen LogP contribution in [0.5, 0.6) is 0 Å². The van der Waals surface area contributed by atoms with Gasteiger partial charge in [0.1, 0.15) is 0 Å². The third kappa shape index (κ3) is 3.04. The van der Waals surface area contributed by atoms with Crippen LogP contribution in [-0.4, -0.2) is 16.5 Å². The molecule has 0 fully saturated rings. The largest absolute Gasteiger partial charge is 0.398 e. The lowest BCUT2D eigenvalue weighted by molar-refractivity contribution is 0.549. The van der Waals surface area contributed by atoms with E-state index in [4.69, 9.17) is 5.73 Å². The van der Waals surface area contributed by atoms with E-state index in [9.17, 15) is 0 Å². The molecule has 5 heteroatoms. The first-order valence-electron chi connectivity index (χ1n) is 7.03. The quantitative estimate of drug-likeness (QED) is 0.759. The number of pyridine rings is 2. The first-order valence-corrected chi connectivity index (χ1v) is 7.90. The van der Waals surface area contributed by atoms with Crippen LogP contribution in [0.15, 0.2) is 42.2 Å². The normalized spacial score (nSPS) is 12.6. The summed E-state index contributed by atoms with van der Waals surface area (Å²) in [7, 11) is 0. The number of likely N-dealkylation sites (N-methyl/N-ethyl adjacent to an activating group) is 1. The molecule has 3 aromatic rings. The number of fused-ring (bicyclic) bond motifs is 1. The van der Waals surface area contributed by atoms with Gasteiger partial charge in [0.25, 0.3) is 0 Å². The lowest BCUT2D eigenvalue weighted by atomic mass is 10.00. The maximum atomic E-state index is 6.04. The fourth-order valence-electron chi connectivity index (χ4n) is 2.43. The molecular formula is C16H18N4S. The third-order valence-electron chi connectivity index (χ3n) is 3.54. The van der Waals surface area contributed by atoms with Gasteiger partial charge >= 0.3 is 0 Å². The molecule has 108 valence electrons. The Kier molecular flexibility index (Phi) is 4.13. The van der Waals surface area contributed by atoms with E-state index in [0.717, 1.165) is 29.7 Å².